The second kappa shape index (κ2) is 4.96. The van der Waals surface area contributed by atoms with Crippen molar-refractivity contribution in [1.82, 2.24) is 4.98 Å². The molecule has 0 aromatic carbocycles. The zero-order valence-electron chi connectivity index (χ0n) is 9.95. The summed E-state index contributed by atoms with van der Waals surface area (Å²) < 4.78 is 0. The molecule has 1 aromatic heterocycles. The third-order valence-electron chi connectivity index (χ3n) is 2.77. The smallest absolute Gasteiger partial charge is 0.337 e. The zero-order chi connectivity index (χ0) is 12.2. The molecule has 0 radical (unpaired) electrons. The maximum absolute atomic E-state index is 10.9. The van der Waals surface area contributed by atoms with Crippen molar-refractivity contribution in [3.63, 3.8) is 0 Å². The number of carboxylic acid groups (broad SMARTS) is 1. The lowest BCUT2D eigenvalue weighted by Crippen LogP contribution is -2.23. The molecule has 0 saturated carbocycles. The molecule has 0 aliphatic rings. The summed E-state index contributed by atoms with van der Waals surface area (Å²) in [6.07, 6.45) is 4.07. The second-order valence-corrected chi connectivity index (χ2v) is 4.60. The van der Waals surface area contributed by atoms with E-state index in [1.165, 1.54) is 12.3 Å². The summed E-state index contributed by atoms with van der Waals surface area (Å²) >= 11 is 0. The van der Waals surface area contributed by atoms with E-state index in [1.807, 2.05) is 0 Å². The highest BCUT2D eigenvalue weighted by atomic mass is 16.4. The maximum atomic E-state index is 10.9. The minimum Gasteiger partial charge on any atom is -0.478 e. The lowest BCUT2D eigenvalue weighted by molar-refractivity contribution is 0.0697. The van der Waals surface area contributed by atoms with Crippen LogP contribution in [0.3, 0.4) is 0 Å². The summed E-state index contributed by atoms with van der Waals surface area (Å²) in [7, 11) is 0. The van der Waals surface area contributed by atoms with E-state index < -0.39 is 5.97 Å². The van der Waals surface area contributed by atoms with E-state index in [-0.39, 0.29) is 11.0 Å². The Morgan fingerprint density at radius 1 is 1.56 bits per heavy atom. The molecule has 0 amide bonds. The Balaban J connectivity index is 2.78. The van der Waals surface area contributed by atoms with E-state index in [0.717, 1.165) is 13.0 Å². The molecule has 4 nitrogen and oxygen atoms in total. The van der Waals surface area contributed by atoms with E-state index in [2.05, 4.69) is 31.1 Å². The van der Waals surface area contributed by atoms with E-state index in [4.69, 9.17) is 5.11 Å². The molecule has 1 rings (SSSR count). The van der Waals surface area contributed by atoms with Gasteiger partial charge in [-0.05, 0) is 17.9 Å². The monoisotopic (exact) mass is 222 g/mol. The van der Waals surface area contributed by atoms with E-state index in [0.29, 0.717) is 5.69 Å². The Hall–Kier alpha value is -1.58. The van der Waals surface area contributed by atoms with Gasteiger partial charge in [-0.2, -0.15) is 0 Å². The minimum atomic E-state index is -0.931. The fourth-order valence-electron chi connectivity index (χ4n) is 1.18. The molecule has 0 atom stereocenters. The van der Waals surface area contributed by atoms with Crippen molar-refractivity contribution >= 4 is 11.7 Å². The predicted octanol–water partition coefficient (Wildman–Crippen LogP) is 2.63. The normalized spacial score (nSPS) is 11.2. The highest BCUT2D eigenvalue weighted by Gasteiger charge is 2.16. The molecule has 0 spiro atoms. The first-order valence-corrected chi connectivity index (χ1v) is 5.37. The molecular formula is C12H18N2O2. The number of nitrogens with one attached hydrogen (secondary N) is 1. The Morgan fingerprint density at radius 3 is 2.81 bits per heavy atom. The Labute approximate surface area is 95.7 Å². The molecule has 2 N–H and O–H groups in total. The van der Waals surface area contributed by atoms with Gasteiger partial charge in [0, 0.05) is 12.7 Å². The van der Waals surface area contributed by atoms with Gasteiger partial charge >= 0.3 is 5.97 Å². The van der Waals surface area contributed by atoms with Crippen molar-refractivity contribution < 1.29 is 9.90 Å². The van der Waals surface area contributed by atoms with Gasteiger partial charge in [0.2, 0.25) is 0 Å². The first-order valence-electron chi connectivity index (χ1n) is 5.37. The van der Waals surface area contributed by atoms with Gasteiger partial charge in [0.25, 0.3) is 0 Å². The molecule has 1 aromatic rings. The molecule has 0 fully saturated rings. The number of pyridine rings is 1. The van der Waals surface area contributed by atoms with Crippen LogP contribution >= 0.6 is 0 Å². The van der Waals surface area contributed by atoms with Crippen molar-refractivity contribution in [2.24, 2.45) is 5.41 Å². The SMILES string of the molecule is CCC(C)(C)CNc1cnccc1C(=O)O. The summed E-state index contributed by atoms with van der Waals surface area (Å²) in [5.41, 5.74) is 0.990. The Bertz CT molecular complexity index is 375. The average molecular weight is 222 g/mol. The van der Waals surface area contributed by atoms with Crippen LogP contribution in [-0.2, 0) is 0 Å². The van der Waals surface area contributed by atoms with Crippen LogP contribution in [0.4, 0.5) is 5.69 Å². The van der Waals surface area contributed by atoms with Gasteiger partial charge in [0.15, 0.2) is 0 Å². The van der Waals surface area contributed by atoms with Crippen LogP contribution in [0.5, 0.6) is 0 Å². The van der Waals surface area contributed by atoms with Crippen LogP contribution in [0.1, 0.15) is 37.6 Å². The zero-order valence-corrected chi connectivity index (χ0v) is 9.95. The van der Waals surface area contributed by atoms with Crippen LogP contribution in [0.15, 0.2) is 18.5 Å². The number of aromatic carboxylic acids is 1. The lowest BCUT2D eigenvalue weighted by Gasteiger charge is -2.23. The number of hydrogen-bond donors (Lipinski definition) is 2. The number of carboxylic acids is 1. The van der Waals surface area contributed by atoms with Gasteiger partial charge in [-0.3, -0.25) is 4.98 Å². The topological polar surface area (TPSA) is 62.2 Å². The molecule has 0 unspecified atom stereocenters. The molecular weight excluding hydrogens is 204 g/mol. The summed E-state index contributed by atoms with van der Waals surface area (Å²) in [4.78, 5) is 14.9. The van der Waals surface area contributed by atoms with E-state index in [1.54, 1.807) is 6.20 Å². The van der Waals surface area contributed by atoms with Crippen molar-refractivity contribution in [2.75, 3.05) is 11.9 Å². The number of nitrogens with zero attached hydrogens (tertiary/aromatic N) is 1. The number of rotatable bonds is 5. The number of aromatic nitrogens is 1. The Kier molecular flexibility index (Phi) is 3.88. The molecule has 0 bridgehead atoms. The molecule has 88 valence electrons. The molecule has 16 heavy (non-hydrogen) atoms. The summed E-state index contributed by atoms with van der Waals surface area (Å²) in [6, 6.07) is 1.50. The molecule has 0 aliphatic carbocycles. The third-order valence-corrected chi connectivity index (χ3v) is 2.77. The maximum Gasteiger partial charge on any atom is 0.337 e. The lowest BCUT2D eigenvalue weighted by atomic mass is 9.90. The van der Waals surface area contributed by atoms with Gasteiger partial charge in [0.1, 0.15) is 0 Å². The van der Waals surface area contributed by atoms with E-state index in [9.17, 15) is 4.79 Å². The minimum absolute atomic E-state index is 0.144. The number of hydrogen-bond acceptors (Lipinski definition) is 3. The van der Waals surface area contributed by atoms with Crippen molar-refractivity contribution in [1.29, 1.82) is 0 Å². The van der Waals surface area contributed by atoms with Gasteiger partial charge in [-0.25, -0.2) is 4.79 Å². The van der Waals surface area contributed by atoms with Gasteiger partial charge in [0.05, 0.1) is 17.4 Å². The second-order valence-electron chi connectivity index (χ2n) is 4.60. The van der Waals surface area contributed by atoms with Gasteiger partial charge in [-0.1, -0.05) is 20.8 Å². The fourth-order valence-corrected chi connectivity index (χ4v) is 1.18. The van der Waals surface area contributed by atoms with Crippen LogP contribution in [-0.4, -0.2) is 22.6 Å². The molecule has 0 saturated heterocycles. The molecule has 1 heterocycles. The van der Waals surface area contributed by atoms with Crippen molar-refractivity contribution in [3.05, 3.63) is 24.0 Å². The highest BCUT2D eigenvalue weighted by Crippen LogP contribution is 2.21. The van der Waals surface area contributed by atoms with Crippen LogP contribution in [0.25, 0.3) is 0 Å². The quantitative estimate of drug-likeness (QED) is 0.804. The molecule has 0 aliphatic heterocycles. The van der Waals surface area contributed by atoms with Crippen molar-refractivity contribution in [2.45, 2.75) is 27.2 Å². The number of carbonyl (C=O) groups is 1. The predicted molar refractivity (Wildman–Crippen MR) is 63.8 cm³/mol. The standard InChI is InChI=1S/C12H18N2O2/c1-4-12(2,3)8-14-10-7-13-6-5-9(10)11(15)16/h5-7,14H,4,8H2,1-3H3,(H,15,16). The fraction of sp³-hybridized carbons (Fsp3) is 0.500. The first-order chi connectivity index (χ1) is 7.46. The summed E-state index contributed by atoms with van der Waals surface area (Å²) in [5, 5.41) is 12.1. The third kappa shape index (κ3) is 3.22. The summed E-state index contributed by atoms with van der Waals surface area (Å²) in [5.74, 6) is -0.931. The highest BCUT2D eigenvalue weighted by molar-refractivity contribution is 5.93. The molecule has 4 heteroatoms. The van der Waals surface area contributed by atoms with Gasteiger partial charge in [-0.15, -0.1) is 0 Å². The average Bonchev–Trinajstić information content (AvgIpc) is 2.27. The van der Waals surface area contributed by atoms with Gasteiger partial charge < -0.3 is 10.4 Å². The van der Waals surface area contributed by atoms with Crippen LogP contribution in [0.2, 0.25) is 0 Å². The van der Waals surface area contributed by atoms with Crippen molar-refractivity contribution in [3.8, 4) is 0 Å². The van der Waals surface area contributed by atoms with Crippen LogP contribution in [0, 0.1) is 5.41 Å². The first kappa shape index (κ1) is 12.5. The Morgan fingerprint density at radius 2 is 2.25 bits per heavy atom. The number of anilines is 1. The summed E-state index contributed by atoms with van der Waals surface area (Å²) in [6.45, 7) is 7.12. The van der Waals surface area contributed by atoms with E-state index >= 15 is 0 Å². The van der Waals surface area contributed by atoms with Crippen LogP contribution < -0.4 is 5.32 Å². The largest absolute Gasteiger partial charge is 0.478 e.